The summed E-state index contributed by atoms with van der Waals surface area (Å²) in [5, 5.41) is 13.5. The lowest BCUT2D eigenvalue weighted by molar-refractivity contribution is 0.00780. The van der Waals surface area contributed by atoms with Crippen LogP contribution in [0.1, 0.15) is 36.5 Å². The Balaban J connectivity index is 1.51. The van der Waals surface area contributed by atoms with E-state index in [9.17, 15) is 5.11 Å². The largest absolute Gasteiger partial charge is 0.393 e. The Morgan fingerprint density at radius 3 is 2.56 bits per heavy atom. The van der Waals surface area contributed by atoms with Gasteiger partial charge in [-0.3, -0.25) is 9.80 Å². The minimum atomic E-state index is -0.175. The Kier molecular flexibility index (Phi) is 2.43. The Morgan fingerprint density at radius 2 is 1.94 bits per heavy atom. The molecule has 0 radical (unpaired) electrons. The van der Waals surface area contributed by atoms with Crippen LogP contribution in [0.15, 0.2) is 4.52 Å². The van der Waals surface area contributed by atoms with Crippen molar-refractivity contribution in [2.75, 3.05) is 32.7 Å². The van der Waals surface area contributed by atoms with Gasteiger partial charge in [-0.1, -0.05) is 5.16 Å². The highest BCUT2D eigenvalue weighted by Crippen LogP contribution is 2.36. The van der Waals surface area contributed by atoms with Crippen LogP contribution in [0.3, 0.4) is 0 Å². The standard InChI is InChI=1S/C12H18N4O2/c17-9-5-8(6-9)12-13-11(14-18-12)10-7-15-1-3-16(10)4-2-15/h8-10,17H,1-7H2. The smallest absolute Gasteiger partial charge is 0.230 e. The second-order valence-electron chi connectivity index (χ2n) is 5.67. The molecule has 3 aliphatic heterocycles. The summed E-state index contributed by atoms with van der Waals surface area (Å²) in [4.78, 5) is 9.47. The van der Waals surface area contributed by atoms with E-state index in [1.807, 2.05) is 0 Å². The number of fused-ring (bicyclic) bond motifs is 3. The molecule has 2 bridgehead atoms. The van der Waals surface area contributed by atoms with E-state index in [2.05, 4.69) is 19.9 Å². The lowest BCUT2D eigenvalue weighted by atomic mass is 9.82. The van der Waals surface area contributed by atoms with Crippen LogP contribution in [-0.4, -0.2) is 63.9 Å². The van der Waals surface area contributed by atoms with Crippen molar-refractivity contribution < 1.29 is 9.63 Å². The van der Waals surface area contributed by atoms with Crippen molar-refractivity contribution in [1.82, 2.24) is 19.9 Å². The number of aliphatic hydroxyl groups excluding tert-OH is 1. The third-order valence-electron chi connectivity index (χ3n) is 4.50. The average molecular weight is 250 g/mol. The summed E-state index contributed by atoms with van der Waals surface area (Å²) in [5.41, 5.74) is 0. The molecule has 1 atom stereocenters. The summed E-state index contributed by atoms with van der Waals surface area (Å²) in [6.07, 6.45) is 1.36. The third kappa shape index (κ3) is 1.67. The van der Waals surface area contributed by atoms with E-state index in [1.54, 1.807) is 0 Å². The molecule has 5 rings (SSSR count). The Labute approximate surface area is 106 Å². The molecule has 0 amide bonds. The SMILES string of the molecule is OC1CC(c2nc(C3CN4CCN3CC4)no2)C1. The fraction of sp³-hybridized carbons (Fsp3) is 0.833. The summed E-state index contributed by atoms with van der Waals surface area (Å²) in [5.74, 6) is 1.82. The van der Waals surface area contributed by atoms with E-state index in [0.717, 1.165) is 51.4 Å². The van der Waals surface area contributed by atoms with Crippen LogP contribution in [0.25, 0.3) is 0 Å². The summed E-state index contributed by atoms with van der Waals surface area (Å²) < 4.78 is 5.36. The Morgan fingerprint density at radius 1 is 1.17 bits per heavy atom. The number of hydrogen-bond acceptors (Lipinski definition) is 6. The highest BCUT2D eigenvalue weighted by atomic mass is 16.5. The van der Waals surface area contributed by atoms with Gasteiger partial charge in [0.2, 0.25) is 5.89 Å². The van der Waals surface area contributed by atoms with Gasteiger partial charge in [0.05, 0.1) is 12.1 Å². The van der Waals surface area contributed by atoms with Crippen molar-refractivity contribution in [3.8, 4) is 0 Å². The van der Waals surface area contributed by atoms with Gasteiger partial charge in [-0.25, -0.2) is 0 Å². The molecule has 6 heteroatoms. The van der Waals surface area contributed by atoms with E-state index in [0.29, 0.717) is 11.9 Å². The molecule has 1 N–H and O–H groups in total. The van der Waals surface area contributed by atoms with Gasteiger partial charge in [-0.2, -0.15) is 4.98 Å². The van der Waals surface area contributed by atoms with Gasteiger partial charge in [-0.05, 0) is 12.8 Å². The minimum absolute atomic E-state index is 0.175. The molecule has 4 fully saturated rings. The van der Waals surface area contributed by atoms with E-state index < -0.39 is 0 Å². The predicted octanol–water partition coefficient (Wildman–Crippen LogP) is -0.0198. The minimum Gasteiger partial charge on any atom is -0.393 e. The first-order valence-electron chi connectivity index (χ1n) is 6.77. The molecule has 98 valence electrons. The maximum Gasteiger partial charge on any atom is 0.230 e. The van der Waals surface area contributed by atoms with E-state index in [-0.39, 0.29) is 12.0 Å². The molecule has 4 heterocycles. The first-order chi connectivity index (χ1) is 8.79. The van der Waals surface area contributed by atoms with Crippen LogP contribution in [0.5, 0.6) is 0 Å². The summed E-state index contributed by atoms with van der Waals surface area (Å²) in [7, 11) is 0. The first kappa shape index (κ1) is 10.9. The number of hydrogen-bond donors (Lipinski definition) is 1. The number of aliphatic hydroxyl groups is 1. The highest BCUT2D eigenvalue weighted by molar-refractivity contribution is 5.06. The quantitative estimate of drug-likeness (QED) is 0.796. The summed E-state index contributed by atoms with van der Waals surface area (Å²) in [6, 6.07) is 0.301. The molecule has 6 nitrogen and oxygen atoms in total. The van der Waals surface area contributed by atoms with Gasteiger partial charge < -0.3 is 9.63 Å². The van der Waals surface area contributed by atoms with Crippen molar-refractivity contribution in [3.05, 3.63) is 11.7 Å². The van der Waals surface area contributed by atoms with E-state index in [4.69, 9.17) is 4.52 Å². The zero-order valence-corrected chi connectivity index (χ0v) is 10.3. The van der Waals surface area contributed by atoms with Crippen LogP contribution < -0.4 is 0 Å². The van der Waals surface area contributed by atoms with Gasteiger partial charge in [-0.15, -0.1) is 0 Å². The van der Waals surface area contributed by atoms with Gasteiger partial charge >= 0.3 is 0 Å². The Hall–Kier alpha value is -0.980. The fourth-order valence-electron chi connectivity index (χ4n) is 3.20. The fourth-order valence-corrected chi connectivity index (χ4v) is 3.20. The van der Waals surface area contributed by atoms with Crippen molar-refractivity contribution in [1.29, 1.82) is 0 Å². The highest BCUT2D eigenvalue weighted by Gasteiger charge is 2.38. The normalized spacial score (nSPS) is 42.8. The van der Waals surface area contributed by atoms with Gasteiger partial charge in [0.1, 0.15) is 0 Å². The van der Waals surface area contributed by atoms with Crippen LogP contribution in [0.2, 0.25) is 0 Å². The molecule has 1 unspecified atom stereocenters. The van der Waals surface area contributed by atoms with Crippen LogP contribution >= 0.6 is 0 Å². The summed E-state index contributed by atoms with van der Waals surface area (Å²) in [6.45, 7) is 5.56. The third-order valence-corrected chi connectivity index (χ3v) is 4.50. The number of rotatable bonds is 2. The van der Waals surface area contributed by atoms with Crippen molar-refractivity contribution >= 4 is 0 Å². The van der Waals surface area contributed by atoms with E-state index >= 15 is 0 Å². The zero-order valence-electron chi connectivity index (χ0n) is 10.3. The molecule has 1 aromatic rings. The van der Waals surface area contributed by atoms with Gasteiger partial charge in [0.25, 0.3) is 0 Å². The monoisotopic (exact) mass is 250 g/mol. The number of nitrogens with zero attached hydrogens (tertiary/aromatic N) is 4. The molecule has 1 aromatic heterocycles. The molecule has 1 saturated carbocycles. The Bertz CT molecular complexity index is 435. The van der Waals surface area contributed by atoms with Crippen LogP contribution in [-0.2, 0) is 0 Å². The lowest BCUT2D eigenvalue weighted by Crippen LogP contribution is -2.57. The zero-order chi connectivity index (χ0) is 12.1. The van der Waals surface area contributed by atoms with Crippen LogP contribution in [0.4, 0.5) is 0 Å². The van der Waals surface area contributed by atoms with Crippen molar-refractivity contribution in [2.45, 2.75) is 30.9 Å². The van der Waals surface area contributed by atoms with Crippen molar-refractivity contribution in [3.63, 3.8) is 0 Å². The molecular formula is C12H18N4O2. The molecule has 0 spiro atoms. The average Bonchev–Trinajstić information content (AvgIpc) is 2.85. The molecule has 3 saturated heterocycles. The lowest BCUT2D eigenvalue weighted by Gasteiger charge is -2.46. The molecule has 4 aliphatic rings. The summed E-state index contributed by atoms with van der Waals surface area (Å²) >= 11 is 0. The predicted molar refractivity (Wildman–Crippen MR) is 63.0 cm³/mol. The molecule has 18 heavy (non-hydrogen) atoms. The van der Waals surface area contributed by atoms with Crippen LogP contribution in [0, 0.1) is 0 Å². The van der Waals surface area contributed by atoms with Crippen molar-refractivity contribution in [2.24, 2.45) is 0 Å². The number of aromatic nitrogens is 2. The molecule has 1 aliphatic carbocycles. The second kappa shape index (κ2) is 4.01. The number of piperazine rings is 3. The van der Waals surface area contributed by atoms with Gasteiger partial charge in [0.15, 0.2) is 5.82 Å². The molecule has 0 aromatic carbocycles. The first-order valence-corrected chi connectivity index (χ1v) is 6.77. The second-order valence-corrected chi connectivity index (χ2v) is 5.67. The maximum atomic E-state index is 9.32. The molecular weight excluding hydrogens is 232 g/mol. The maximum absolute atomic E-state index is 9.32. The van der Waals surface area contributed by atoms with E-state index in [1.165, 1.54) is 0 Å². The topological polar surface area (TPSA) is 65.6 Å². The van der Waals surface area contributed by atoms with Gasteiger partial charge in [0, 0.05) is 38.6 Å².